The smallest absolute Gasteiger partial charge is 0.264 e. The number of benzene rings is 2. The molecule has 0 bridgehead atoms. The number of nitrogens with one attached hydrogen (secondary N) is 1. The standard InChI is InChI=1S/C16H18ClN3O4S/c1-2-24-15-6-4-3-5-14(15)20(11-16(21)19-18)25(22,23)13-9-7-12(17)8-10-13/h3-10H,2,11,18H2,1H3,(H,19,21). The van der Waals surface area contributed by atoms with E-state index in [0.29, 0.717) is 17.4 Å². The third kappa shape index (κ3) is 4.41. The van der Waals surface area contributed by atoms with E-state index in [-0.39, 0.29) is 10.6 Å². The molecule has 0 aromatic heterocycles. The molecule has 2 aromatic carbocycles. The Balaban J connectivity index is 2.56. The Bertz CT molecular complexity index is 841. The van der Waals surface area contributed by atoms with Crippen molar-refractivity contribution >= 4 is 33.2 Å². The number of sulfonamides is 1. The van der Waals surface area contributed by atoms with Crippen molar-refractivity contribution in [3.63, 3.8) is 0 Å². The van der Waals surface area contributed by atoms with E-state index in [9.17, 15) is 13.2 Å². The Morgan fingerprint density at radius 2 is 1.84 bits per heavy atom. The molecular weight excluding hydrogens is 366 g/mol. The number of amides is 1. The summed E-state index contributed by atoms with van der Waals surface area (Å²) in [6.45, 7) is 1.63. The van der Waals surface area contributed by atoms with Crippen LogP contribution in [-0.2, 0) is 14.8 Å². The van der Waals surface area contributed by atoms with Crippen LogP contribution in [0.5, 0.6) is 5.75 Å². The second kappa shape index (κ2) is 8.19. The van der Waals surface area contributed by atoms with Crippen molar-refractivity contribution in [3.8, 4) is 5.75 Å². The van der Waals surface area contributed by atoms with Crippen LogP contribution in [-0.4, -0.2) is 27.5 Å². The number of anilines is 1. The second-order valence-electron chi connectivity index (χ2n) is 4.93. The largest absolute Gasteiger partial charge is 0.492 e. The van der Waals surface area contributed by atoms with Gasteiger partial charge in [-0.05, 0) is 43.3 Å². The van der Waals surface area contributed by atoms with E-state index < -0.39 is 22.5 Å². The molecule has 0 aliphatic carbocycles. The predicted molar refractivity (Wildman–Crippen MR) is 95.9 cm³/mol. The van der Waals surface area contributed by atoms with Crippen LogP contribution in [0.3, 0.4) is 0 Å². The number of ether oxygens (including phenoxy) is 1. The van der Waals surface area contributed by atoms with Crippen LogP contribution >= 0.6 is 11.6 Å². The van der Waals surface area contributed by atoms with Gasteiger partial charge in [0.1, 0.15) is 12.3 Å². The molecule has 0 heterocycles. The maximum atomic E-state index is 13.1. The lowest BCUT2D eigenvalue weighted by molar-refractivity contribution is -0.119. The van der Waals surface area contributed by atoms with E-state index in [1.807, 2.05) is 5.43 Å². The van der Waals surface area contributed by atoms with Gasteiger partial charge in [0.15, 0.2) is 0 Å². The first-order valence-corrected chi connectivity index (χ1v) is 9.21. The molecule has 3 N–H and O–H groups in total. The van der Waals surface area contributed by atoms with Gasteiger partial charge in [0, 0.05) is 5.02 Å². The molecule has 1 amide bonds. The fourth-order valence-corrected chi connectivity index (χ4v) is 3.71. The average molecular weight is 384 g/mol. The van der Waals surface area contributed by atoms with Gasteiger partial charge in [0.05, 0.1) is 17.2 Å². The highest BCUT2D eigenvalue weighted by Crippen LogP contribution is 2.32. The SMILES string of the molecule is CCOc1ccccc1N(CC(=O)NN)S(=O)(=O)c1ccc(Cl)cc1. The van der Waals surface area contributed by atoms with E-state index in [1.54, 1.807) is 31.2 Å². The zero-order chi connectivity index (χ0) is 18.4. The van der Waals surface area contributed by atoms with Crippen molar-refractivity contribution < 1.29 is 17.9 Å². The van der Waals surface area contributed by atoms with Gasteiger partial charge in [-0.1, -0.05) is 23.7 Å². The van der Waals surface area contributed by atoms with Crippen LogP contribution in [0.2, 0.25) is 5.02 Å². The van der Waals surface area contributed by atoms with Crippen molar-refractivity contribution in [2.75, 3.05) is 17.5 Å². The molecule has 25 heavy (non-hydrogen) atoms. The molecule has 0 fully saturated rings. The van der Waals surface area contributed by atoms with Gasteiger partial charge in [0.2, 0.25) is 0 Å². The maximum Gasteiger partial charge on any atom is 0.264 e. The monoisotopic (exact) mass is 383 g/mol. The van der Waals surface area contributed by atoms with Crippen molar-refractivity contribution in [2.45, 2.75) is 11.8 Å². The highest BCUT2D eigenvalue weighted by Gasteiger charge is 2.29. The van der Waals surface area contributed by atoms with Crippen LogP contribution in [0.15, 0.2) is 53.4 Å². The number of carbonyl (C=O) groups is 1. The summed E-state index contributed by atoms with van der Waals surface area (Å²) in [5.74, 6) is 4.80. The minimum absolute atomic E-state index is 0.00646. The first kappa shape index (κ1) is 19.0. The summed E-state index contributed by atoms with van der Waals surface area (Å²) in [7, 11) is -4.04. The number of carbonyl (C=O) groups excluding carboxylic acids is 1. The fourth-order valence-electron chi connectivity index (χ4n) is 2.15. The van der Waals surface area contributed by atoms with E-state index in [4.69, 9.17) is 22.2 Å². The Morgan fingerprint density at radius 3 is 2.44 bits per heavy atom. The topological polar surface area (TPSA) is 102 Å². The molecule has 0 saturated carbocycles. The molecule has 0 saturated heterocycles. The molecule has 9 heteroatoms. The van der Waals surface area contributed by atoms with Crippen molar-refractivity contribution in [3.05, 3.63) is 53.6 Å². The molecule has 0 aliphatic heterocycles. The summed E-state index contributed by atoms with van der Waals surface area (Å²) in [4.78, 5) is 11.8. The lowest BCUT2D eigenvalue weighted by atomic mass is 10.3. The first-order chi connectivity index (χ1) is 11.9. The number of para-hydroxylation sites is 2. The molecule has 0 spiro atoms. The number of hydrogen-bond acceptors (Lipinski definition) is 5. The second-order valence-corrected chi connectivity index (χ2v) is 7.23. The molecule has 0 aliphatic rings. The third-order valence-electron chi connectivity index (χ3n) is 3.28. The maximum absolute atomic E-state index is 13.1. The number of nitrogens with two attached hydrogens (primary N) is 1. The molecule has 2 rings (SSSR count). The number of rotatable bonds is 7. The number of nitrogens with zero attached hydrogens (tertiary/aromatic N) is 1. The first-order valence-electron chi connectivity index (χ1n) is 7.39. The van der Waals surface area contributed by atoms with Crippen LogP contribution in [0.25, 0.3) is 0 Å². The zero-order valence-corrected chi connectivity index (χ0v) is 15.0. The van der Waals surface area contributed by atoms with Crippen molar-refractivity contribution in [1.29, 1.82) is 0 Å². The third-order valence-corrected chi connectivity index (χ3v) is 5.31. The summed E-state index contributed by atoms with van der Waals surface area (Å²) < 4.78 is 32.6. The van der Waals surface area contributed by atoms with Gasteiger partial charge in [-0.2, -0.15) is 0 Å². The van der Waals surface area contributed by atoms with Crippen LogP contribution in [0.4, 0.5) is 5.69 Å². The molecule has 0 radical (unpaired) electrons. The number of hydrazine groups is 1. The number of hydrogen-bond donors (Lipinski definition) is 2. The van der Waals surface area contributed by atoms with Crippen LogP contribution in [0, 0.1) is 0 Å². The summed E-state index contributed by atoms with van der Waals surface area (Å²) in [5.41, 5.74) is 2.18. The van der Waals surface area contributed by atoms with E-state index in [1.165, 1.54) is 24.3 Å². The lowest BCUT2D eigenvalue weighted by Crippen LogP contribution is -2.43. The zero-order valence-electron chi connectivity index (χ0n) is 13.5. The average Bonchev–Trinajstić information content (AvgIpc) is 2.60. The van der Waals surface area contributed by atoms with E-state index >= 15 is 0 Å². The summed E-state index contributed by atoms with van der Waals surface area (Å²) in [6.07, 6.45) is 0. The van der Waals surface area contributed by atoms with Gasteiger partial charge < -0.3 is 4.74 Å². The summed E-state index contributed by atoms with van der Waals surface area (Å²) in [5, 5.41) is 0.403. The molecule has 2 aromatic rings. The van der Waals surface area contributed by atoms with Gasteiger partial charge >= 0.3 is 0 Å². The van der Waals surface area contributed by atoms with Crippen molar-refractivity contribution in [2.24, 2.45) is 5.84 Å². The van der Waals surface area contributed by atoms with Crippen LogP contribution in [0.1, 0.15) is 6.92 Å². The Labute approximate surface area is 151 Å². The highest BCUT2D eigenvalue weighted by atomic mass is 35.5. The molecular formula is C16H18ClN3O4S. The lowest BCUT2D eigenvalue weighted by Gasteiger charge is -2.25. The van der Waals surface area contributed by atoms with Gasteiger partial charge in [-0.3, -0.25) is 14.5 Å². The van der Waals surface area contributed by atoms with E-state index in [2.05, 4.69) is 0 Å². The normalized spacial score (nSPS) is 11.0. The Morgan fingerprint density at radius 1 is 1.20 bits per heavy atom. The predicted octanol–water partition coefficient (Wildman–Crippen LogP) is 1.92. The molecule has 0 atom stereocenters. The quantitative estimate of drug-likeness (QED) is 0.432. The minimum Gasteiger partial charge on any atom is -0.492 e. The van der Waals surface area contributed by atoms with E-state index in [0.717, 1.165) is 4.31 Å². The minimum atomic E-state index is -4.04. The van der Waals surface area contributed by atoms with Crippen LogP contribution < -0.4 is 20.3 Å². The fraction of sp³-hybridized carbons (Fsp3) is 0.188. The van der Waals surface area contributed by atoms with Gasteiger partial charge in [-0.25, -0.2) is 14.3 Å². The van der Waals surface area contributed by atoms with Crippen molar-refractivity contribution in [1.82, 2.24) is 5.43 Å². The molecule has 7 nitrogen and oxygen atoms in total. The number of halogens is 1. The summed E-state index contributed by atoms with van der Waals surface area (Å²) >= 11 is 5.82. The molecule has 0 unspecified atom stereocenters. The molecule has 134 valence electrons. The van der Waals surface area contributed by atoms with Gasteiger partial charge in [0.25, 0.3) is 15.9 Å². The Hall–Kier alpha value is -2.29. The Kier molecular flexibility index (Phi) is 6.24. The highest BCUT2D eigenvalue weighted by molar-refractivity contribution is 7.92. The summed E-state index contributed by atoms with van der Waals surface area (Å²) in [6, 6.07) is 12.2. The van der Waals surface area contributed by atoms with Gasteiger partial charge in [-0.15, -0.1) is 0 Å².